The van der Waals surface area contributed by atoms with Crippen LogP contribution in [0.4, 0.5) is 0 Å². The normalized spacial score (nSPS) is 17.3. The van der Waals surface area contributed by atoms with Crippen LogP contribution in [0.25, 0.3) is 11.0 Å². The largest absolute Gasteiger partial charge is 0.381 e. The summed E-state index contributed by atoms with van der Waals surface area (Å²) in [5.74, 6) is -0.796. The van der Waals surface area contributed by atoms with Gasteiger partial charge in [0.2, 0.25) is 0 Å². The SMILES string of the molecule is CC(Sc1nc2c(cnn2C2CCOCC2)c(=O)[nH]1)C(=O)N=O. The summed E-state index contributed by atoms with van der Waals surface area (Å²) < 4.78 is 7.08. The predicted molar refractivity (Wildman–Crippen MR) is 83.4 cm³/mol. The molecule has 122 valence electrons. The smallest absolute Gasteiger partial charge is 0.299 e. The van der Waals surface area contributed by atoms with Crippen LogP contribution in [0.2, 0.25) is 0 Å². The first-order chi connectivity index (χ1) is 11.1. The molecule has 2 aromatic rings. The summed E-state index contributed by atoms with van der Waals surface area (Å²) >= 11 is 0.988. The highest BCUT2D eigenvalue weighted by atomic mass is 32.2. The molecule has 9 nitrogen and oxygen atoms in total. The van der Waals surface area contributed by atoms with Crippen molar-refractivity contribution in [3.63, 3.8) is 0 Å². The van der Waals surface area contributed by atoms with Crippen molar-refractivity contribution in [1.29, 1.82) is 0 Å². The minimum absolute atomic E-state index is 0.129. The van der Waals surface area contributed by atoms with Crippen molar-refractivity contribution >= 4 is 28.7 Å². The number of hydrogen-bond acceptors (Lipinski definition) is 7. The Labute approximate surface area is 134 Å². The number of H-pyrrole nitrogens is 1. The van der Waals surface area contributed by atoms with Gasteiger partial charge < -0.3 is 9.72 Å². The summed E-state index contributed by atoms with van der Waals surface area (Å²) in [5, 5.41) is 6.62. The number of carbonyl (C=O) groups excluding carboxylic acids is 1. The number of nitrogens with zero attached hydrogens (tertiary/aromatic N) is 4. The van der Waals surface area contributed by atoms with Crippen molar-refractivity contribution in [1.82, 2.24) is 19.7 Å². The Hall–Kier alpha value is -2.07. The van der Waals surface area contributed by atoms with E-state index in [1.54, 1.807) is 4.68 Å². The van der Waals surface area contributed by atoms with Crippen LogP contribution < -0.4 is 5.56 Å². The van der Waals surface area contributed by atoms with E-state index in [9.17, 15) is 14.5 Å². The Balaban J connectivity index is 1.96. The van der Waals surface area contributed by atoms with Gasteiger partial charge in [-0.05, 0) is 19.8 Å². The topological polar surface area (TPSA) is 119 Å². The fraction of sp³-hybridized carbons (Fsp3) is 0.538. The van der Waals surface area contributed by atoms with Crippen molar-refractivity contribution in [2.75, 3.05) is 13.2 Å². The molecule has 1 saturated heterocycles. The molecule has 3 rings (SSSR count). The molecular weight excluding hydrogens is 322 g/mol. The number of nitrogens with one attached hydrogen (secondary N) is 1. The van der Waals surface area contributed by atoms with Crippen LogP contribution in [0.15, 0.2) is 21.3 Å². The van der Waals surface area contributed by atoms with Gasteiger partial charge in [-0.25, -0.2) is 9.67 Å². The van der Waals surface area contributed by atoms with Crippen molar-refractivity contribution in [2.24, 2.45) is 5.18 Å². The molecule has 2 aromatic heterocycles. The van der Waals surface area contributed by atoms with E-state index in [1.807, 2.05) is 0 Å². The van der Waals surface area contributed by atoms with E-state index in [0.717, 1.165) is 24.6 Å². The average Bonchev–Trinajstić information content (AvgIpc) is 2.99. The van der Waals surface area contributed by atoms with Crippen LogP contribution >= 0.6 is 11.8 Å². The maximum Gasteiger partial charge on any atom is 0.299 e. The van der Waals surface area contributed by atoms with Gasteiger partial charge >= 0.3 is 0 Å². The minimum atomic E-state index is -0.796. The van der Waals surface area contributed by atoms with Crippen LogP contribution in [0.1, 0.15) is 25.8 Å². The molecule has 10 heteroatoms. The molecule has 1 aliphatic rings. The quantitative estimate of drug-likeness (QED) is 0.506. The Kier molecular flexibility index (Phi) is 4.53. The number of hydrogen-bond donors (Lipinski definition) is 1. The van der Waals surface area contributed by atoms with Crippen LogP contribution in [-0.4, -0.2) is 44.1 Å². The molecule has 0 aromatic carbocycles. The van der Waals surface area contributed by atoms with E-state index in [1.165, 1.54) is 13.1 Å². The van der Waals surface area contributed by atoms with Crippen molar-refractivity contribution in [2.45, 2.75) is 36.2 Å². The maximum atomic E-state index is 12.2. The number of amides is 1. The molecule has 1 atom stereocenters. The first-order valence-corrected chi connectivity index (χ1v) is 8.07. The monoisotopic (exact) mass is 337 g/mol. The molecule has 1 fully saturated rings. The predicted octanol–water partition coefficient (Wildman–Crippen LogP) is 1.24. The first-order valence-electron chi connectivity index (χ1n) is 7.19. The van der Waals surface area contributed by atoms with Gasteiger partial charge in [0.15, 0.2) is 10.8 Å². The second-order valence-electron chi connectivity index (χ2n) is 5.23. The molecule has 0 aliphatic carbocycles. The van der Waals surface area contributed by atoms with Gasteiger partial charge in [-0.1, -0.05) is 11.8 Å². The lowest BCUT2D eigenvalue weighted by Gasteiger charge is -2.22. The van der Waals surface area contributed by atoms with E-state index in [4.69, 9.17) is 4.74 Å². The number of fused-ring (bicyclic) bond motifs is 1. The second-order valence-corrected chi connectivity index (χ2v) is 6.56. The molecule has 0 radical (unpaired) electrons. The van der Waals surface area contributed by atoms with E-state index < -0.39 is 11.2 Å². The molecule has 1 unspecified atom stereocenters. The number of aromatic amines is 1. The summed E-state index contributed by atoms with van der Waals surface area (Å²) in [5.41, 5.74) is 0.149. The number of carbonyl (C=O) groups is 1. The van der Waals surface area contributed by atoms with E-state index in [2.05, 4.69) is 20.2 Å². The van der Waals surface area contributed by atoms with Crippen molar-refractivity contribution in [3.8, 4) is 0 Å². The third kappa shape index (κ3) is 3.17. The van der Waals surface area contributed by atoms with Gasteiger partial charge in [0.05, 0.1) is 17.5 Å². The first kappa shape index (κ1) is 15.8. The Morgan fingerprint density at radius 3 is 2.96 bits per heavy atom. The fourth-order valence-electron chi connectivity index (χ4n) is 2.46. The van der Waals surface area contributed by atoms with Gasteiger partial charge in [0, 0.05) is 18.4 Å². The number of nitroso groups, excluding NO2 is 1. The highest BCUT2D eigenvalue weighted by molar-refractivity contribution is 8.00. The summed E-state index contributed by atoms with van der Waals surface area (Å²) in [6, 6.07) is 0.129. The zero-order valence-corrected chi connectivity index (χ0v) is 13.2. The highest BCUT2D eigenvalue weighted by Crippen LogP contribution is 2.25. The standard InChI is InChI=1S/C13H15N5O4S/c1-7(11(19)17-21)23-13-15-10-9(12(20)16-13)6-14-18(10)8-2-4-22-5-3-8/h6-8H,2-5H2,1H3,(H,15,16,20). The summed E-state index contributed by atoms with van der Waals surface area (Å²) in [7, 11) is 0. The number of rotatable bonds is 4. The summed E-state index contributed by atoms with van der Waals surface area (Å²) in [6.07, 6.45) is 3.10. The molecule has 3 heterocycles. The lowest BCUT2D eigenvalue weighted by molar-refractivity contribution is -0.117. The van der Waals surface area contributed by atoms with E-state index in [0.29, 0.717) is 24.2 Å². The van der Waals surface area contributed by atoms with Gasteiger partial charge in [-0.15, -0.1) is 4.91 Å². The Morgan fingerprint density at radius 1 is 1.52 bits per heavy atom. The van der Waals surface area contributed by atoms with Crippen LogP contribution in [-0.2, 0) is 9.53 Å². The van der Waals surface area contributed by atoms with Crippen LogP contribution in [0, 0.1) is 4.91 Å². The molecule has 23 heavy (non-hydrogen) atoms. The maximum absolute atomic E-state index is 12.2. The summed E-state index contributed by atoms with van der Waals surface area (Å²) in [4.78, 5) is 40.7. The zero-order valence-electron chi connectivity index (χ0n) is 12.4. The molecular formula is C13H15N5O4S. The van der Waals surface area contributed by atoms with Crippen LogP contribution in [0.3, 0.4) is 0 Å². The highest BCUT2D eigenvalue weighted by Gasteiger charge is 2.22. The molecule has 1 amide bonds. The van der Waals surface area contributed by atoms with E-state index >= 15 is 0 Å². The Bertz CT molecular complexity index is 795. The third-order valence-corrected chi connectivity index (χ3v) is 4.68. The average molecular weight is 337 g/mol. The second kappa shape index (κ2) is 6.59. The molecule has 0 saturated carbocycles. The number of ether oxygens (including phenoxy) is 1. The number of thioether (sulfide) groups is 1. The third-order valence-electron chi connectivity index (χ3n) is 3.70. The van der Waals surface area contributed by atoms with Gasteiger partial charge in [-0.3, -0.25) is 9.59 Å². The molecule has 1 aliphatic heterocycles. The lowest BCUT2D eigenvalue weighted by Crippen LogP contribution is -2.21. The molecule has 0 spiro atoms. The molecule has 1 N–H and O–H groups in total. The fourth-order valence-corrected chi connectivity index (χ4v) is 3.23. The summed E-state index contributed by atoms with van der Waals surface area (Å²) in [6.45, 7) is 2.83. The van der Waals surface area contributed by atoms with E-state index in [-0.39, 0.29) is 16.8 Å². The van der Waals surface area contributed by atoms with Gasteiger partial charge in [0.1, 0.15) is 5.39 Å². The number of aromatic nitrogens is 4. The zero-order chi connectivity index (χ0) is 16.4. The van der Waals surface area contributed by atoms with Gasteiger partial charge in [0.25, 0.3) is 11.5 Å². The van der Waals surface area contributed by atoms with Gasteiger partial charge in [-0.2, -0.15) is 5.10 Å². The molecule has 0 bridgehead atoms. The minimum Gasteiger partial charge on any atom is -0.381 e. The van der Waals surface area contributed by atoms with Crippen molar-refractivity contribution in [3.05, 3.63) is 21.5 Å². The van der Waals surface area contributed by atoms with Crippen molar-refractivity contribution < 1.29 is 9.53 Å². The Morgan fingerprint density at radius 2 is 2.26 bits per heavy atom. The lowest BCUT2D eigenvalue weighted by atomic mass is 10.1. The van der Waals surface area contributed by atoms with Crippen LogP contribution in [0.5, 0.6) is 0 Å².